The van der Waals surface area contributed by atoms with Crippen LogP contribution < -0.4 is 15.2 Å². The highest BCUT2D eigenvalue weighted by atomic mass is 35.5. The van der Waals surface area contributed by atoms with Gasteiger partial charge in [-0.2, -0.15) is 0 Å². The minimum Gasteiger partial charge on any atom is -0.495 e. The van der Waals surface area contributed by atoms with Crippen LogP contribution in [0.2, 0.25) is 5.02 Å². The van der Waals surface area contributed by atoms with Gasteiger partial charge in [-0.15, -0.1) is 0 Å². The minimum absolute atomic E-state index is 0.167. The maximum Gasteiger partial charge on any atom is 0.255 e. The van der Waals surface area contributed by atoms with Crippen LogP contribution in [0.1, 0.15) is 5.56 Å². The van der Waals surface area contributed by atoms with E-state index in [1.54, 1.807) is 19.2 Å². The summed E-state index contributed by atoms with van der Waals surface area (Å²) in [5.74, 6) is 0.669. The Morgan fingerprint density at radius 2 is 1.90 bits per heavy atom. The fraction of sp³-hybridized carbons (Fsp3) is 0.188. The summed E-state index contributed by atoms with van der Waals surface area (Å²) < 4.78 is 10.6. The van der Waals surface area contributed by atoms with E-state index in [0.29, 0.717) is 16.5 Å². The molecule has 0 spiro atoms. The molecule has 0 bridgehead atoms. The molecule has 0 aliphatic rings. The Bertz CT molecular complexity index is 671. The number of aryl methyl sites for hydroxylation is 1. The van der Waals surface area contributed by atoms with E-state index in [4.69, 9.17) is 26.8 Å². The van der Waals surface area contributed by atoms with Crippen molar-refractivity contribution in [2.75, 3.05) is 13.7 Å². The van der Waals surface area contributed by atoms with Crippen molar-refractivity contribution in [3.63, 3.8) is 0 Å². The summed E-state index contributed by atoms with van der Waals surface area (Å²) in [6.07, 6.45) is 0. The van der Waals surface area contributed by atoms with Crippen LogP contribution in [0.4, 0.5) is 0 Å². The lowest BCUT2D eigenvalue weighted by Gasteiger charge is -2.13. The third kappa shape index (κ3) is 3.67. The quantitative estimate of drug-likeness (QED) is 0.923. The largest absolute Gasteiger partial charge is 0.495 e. The molecule has 2 rings (SSSR count). The van der Waals surface area contributed by atoms with Crippen LogP contribution in [0.25, 0.3) is 11.1 Å². The Balaban J connectivity index is 2.43. The number of nitrogens with two attached hydrogens (primary N) is 1. The van der Waals surface area contributed by atoms with Gasteiger partial charge in [-0.3, -0.25) is 4.79 Å². The monoisotopic (exact) mass is 305 g/mol. The predicted molar refractivity (Wildman–Crippen MR) is 82.9 cm³/mol. The highest BCUT2D eigenvalue weighted by molar-refractivity contribution is 6.32. The Kier molecular flexibility index (Phi) is 4.70. The first-order valence-electron chi connectivity index (χ1n) is 6.37. The maximum atomic E-state index is 10.9. The SMILES string of the molecule is COc1ccc(-c2cc(C)ccc2OCC(N)=O)cc1Cl. The second kappa shape index (κ2) is 6.50. The topological polar surface area (TPSA) is 61.6 Å². The van der Waals surface area contributed by atoms with Crippen LogP contribution >= 0.6 is 11.6 Å². The van der Waals surface area contributed by atoms with E-state index in [1.807, 2.05) is 31.2 Å². The minimum atomic E-state index is -0.519. The third-order valence-corrected chi connectivity index (χ3v) is 3.26. The summed E-state index contributed by atoms with van der Waals surface area (Å²) in [5, 5.41) is 0.511. The Hall–Kier alpha value is -2.20. The Labute approximate surface area is 128 Å². The number of rotatable bonds is 5. The molecule has 1 amide bonds. The van der Waals surface area contributed by atoms with Crippen LogP contribution in [0.15, 0.2) is 36.4 Å². The molecule has 2 N–H and O–H groups in total. The van der Waals surface area contributed by atoms with E-state index in [0.717, 1.165) is 16.7 Å². The number of benzene rings is 2. The molecule has 2 aromatic rings. The zero-order valence-electron chi connectivity index (χ0n) is 11.9. The van der Waals surface area contributed by atoms with E-state index in [-0.39, 0.29) is 6.61 Å². The average molecular weight is 306 g/mol. The molecule has 21 heavy (non-hydrogen) atoms. The number of carbonyl (C=O) groups excluding carboxylic acids is 1. The summed E-state index contributed by atoms with van der Waals surface area (Å²) in [5.41, 5.74) is 7.92. The van der Waals surface area contributed by atoms with E-state index < -0.39 is 5.91 Å². The molecule has 5 heteroatoms. The fourth-order valence-electron chi connectivity index (χ4n) is 1.98. The summed E-state index contributed by atoms with van der Waals surface area (Å²) in [7, 11) is 1.56. The fourth-order valence-corrected chi connectivity index (χ4v) is 2.24. The number of ether oxygens (including phenoxy) is 2. The van der Waals surface area contributed by atoms with Crippen molar-refractivity contribution in [2.45, 2.75) is 6.92 Å². The van der Waals surface area contributed by atoms with Crippen molar-refractivity contribution in [3.8, 4) is 22.6 Å². The molecule has 0 aliphatic heterocycles. The summed E-state index contributed by atoms with van der Waals surface area (Å²) in [6.45, 7) is 1.81. The number of hydrogen-bond donors (Lipinski definition) is 1. The highest BCUT2D eigenvalue weighted by Crippen LogP contribution is 2.35. The molecule has 0 fully saturated rings. The van der Waals surface area contributed by atoms with Crippen molar-refractivity contribution in [1.82, 2.24) is 0 Å². The number of carbonyl (C=O) groups is 1. The molecular formula is C16H16ClNO3. The number of methoxy groups -OCH3 is 1. The number of halogens is 1. The molecule has 0 aromatic heterocycles. The summed E-state index contributed by atoms with van der Waals surface area (Å²) >= 11 is 6.16. The molecule has 0 heterocycles. The summed E-state index contributed by atoms with van der Waals surface area (Å²) in [4.78, 5) is 10.9. The standard InChI is InChI=1S/C16H16ClNO3/c1-10-3-5-14(21-9-16(18)19)12(7-10)11-4-6-15(20-2)13(17)8-11/h3-8H,9H2,1-2H3,(H2,18,19). The van der Waals surface area contributed by atoms with E-state index in [1.165, 1.54) is 0 Å². The van der Waals surface area contributed by atoms with Gasteiger partial charge in [-0.25, -0.2) is 0 Å². The van der Waals surface area contributed by atoms with Gasteiger partial charge in [-0.05, 0) is 36.8 Å². The molecule has 0 aliphatic carbocycles. The smallest absolute Gasteiger partial charge is 0.255 e. The normalized spacial score (nSPS) is 10.2. The van der Waals surface area contributed by atoms with Crippen molar-refractivity contribution in [1.29, 1.82) is 0 Å². The zero-order chi connectivity index (χ0) is 15.4. The number of primary amides is 1. The van der Waals surface area contributed by atoms with E-state index in [2.05, 4.69) is 0 Å². The number of amides is 1. The van der Waals surface area contributed by atoms with Gasteiger partial charge >= 0.3 is 0 Å². The van der Waals surface area contributed by atoms with Crippen LogP contribution in [-0.2, 0) is 4.79 Å². The molecule has 0 radical (unpaired) electrons. The van der Waals surface area contributed by atoms with Gasteiger partial charge in [0.1, 0.15) is 11.5 Å². The molecule has 110 valence electrons. The summed E-state index contributed by atoms with van der Waals surface area (Å²) in [6, 6.07) is 11.2. The first-order chi connectivity index (χ1) is 10.0. The van der Waals surface area contributed by atoms with Crippen molar-refractivity contribution in [3.05, 3.63) is 47.0 Å². The number of hydrogen-bond acceptors (Lipinski definition) is 3. The first kappa shape index (κ1) is 15.2. The van der Waals surface area contributed by atoms with Crippen molar-refractivity contribution >= 4 is 17.5 Å². The van der Waals surface area contributed by atoms with Gasteiger partial charge in [-0.1, -0.05) is 29.3 Å². The van der Waals surface area contributed by atoms with Crippen LogP contribution in [0, 0.1) is 6.92 Å². The van der Waals surface area contributed by atoms with Crippen molar-refractivity contribution < 1.29 is 14.3 Å². The molecule has 0 atom stereocenters. The van der Waals surface area contributed by atoms with E-state index >= 15 is 0 Å². The average Bonchev–Trinajstić information content (AvgIpc) is 2.45. The molecule has 0 saturated heterocycles. The van der Waals surface area contributed by atoms with Gasteiger partial charge < -0.3 is 15.2 Å². The van der Waals surface area contributed by atoms with Gasteiger partial charge in [0.05, 0.1) is 12.1 Å². The third-order valence-electron chi connectivity index (χ3n) is 2.97. The van der Waals surface area contributed by atoms with Crippen LogP contribution in [0.5, 0.6) is 11.5 Å². The lowest BCUT2D eigenvalue weighted by atomic mass is 10.0. The lowest BCUT2D eigenvalue weighted by Crippen LogP contribution is -2.20. The van der Waals surface area contributed by atoms with Crippen molar-refractivity contribution in [2.24, 2.45) is 5.73 Å². The second-order valence-electron chi connectivity index (χ2n) is 4.60. The molecular weight excluding hydrogens is 290 g/mol. The van der Waals surface area contributed by atoms with Gasteiger partial charge in [0.25, 0.3) is 5.91 Å². The van der Waals surface area contributed by atoms with Gasteiger partial charge in [0.2, 0.25) is 0 Å². The molecule has 4 nitrogen and oxygen atoms in total. The first-order valence-corrected chi connectivity index (χ1v) is 6.74. The predicted octanol–water partition coefficient (Wildman–Crippen LogP) is 3.19. The molecule has 2 aromatic carbocycles. The zero-order valence-corrected chi connectivity index (χ0v) is 12.6. The van der Waals surface area contributed by atoms with Gasteiger partial charge in [0, 0.05) is 5.56 Å². The maximum absolute atomic E-state index is 10.9. The molecule has 0 unspecified atom stereocenters. The Morgan fingerprint density at radius 1 is 1.19 bits per heavy atom. The highest BCUT2D eigenvalue weighted by Gasteiger charge is 2.10. The van der Waals surface area contributed by atoms with Crippen LogP contribution in [0.3, 0.4) is 0 Å². The van der Waals surface area contributed by atoms with Crippen LogP contribution in [-0.4, -0.2) is 19.6 Å². The Morgan fingerprint density at radius 3 is 2.52 bits per heavy atom. The second-order valence-corrected chi connectivity index (χ2v) is 5.01. The van der Waals surface area contributed by atoms with E-state index in [9.17, 15) is 4.79 Å². The lowest BCUT2D eigenvalue weighted by molar-refractivity contribution is -0.119. The van der Waals surface area contributed by atoms with Gasteiger partial charge in [0.15, 0.2) is 6.61 Å². The molecule has 0 saturated carbocycles.